The second kappa shape index (κ2) is 6.19. The molecule has 0 amide bonds. The Morgan fingerprint density at radius 2 is 1.32 bits per heavy atom. The molecular weight excluding hydrogens is 276 g/mol. The lowest BCUT2D eigenvalue weighted by Crippen LogP contribution is -2.39. The minimum atomic E-state index is -0.163. The minimum absolute atomic E-state index is 0.163. The van der Waals surface area contributed by atoms with E-state index in [0.29, 0.717) is 0 Å². The Morgan fingerprint density at radius 3 is 1.63 bits per heavy atom. The zero-order valence-electron chi connectivity index (χ0n) is 12.4. The second-order valence-electron chi connectivity index (χ2n) is 6.22. The lowest BCUT2D eigenvalue weighted by atomic mass is 10.0. The SMILES string of the molecule is CC(C)(CC1=NCCS1)OC(C)(C)CC1=NCCS1. The highest BCUT2D eigenvalue weighted by molar-refractivity contribution is 8.14. The molecule has 2 heterocycles. The highest BCUT2D eigenvalue weighted by Gasteiger charge is 2.32. The largest absolute Gasteiger partial charge is 0.369 e. The normalized spacial score (nSPS) is 20.6. The van der Waals surface area contributed by atoms with E-state index in [4.69, 9.17) is 4.74 Å². The molecule has 3 nitrogen and oxygen atoms in total. The van der Waals surface area contributed by atoms with Crippen molar-refractivity contribution >= 4 is 33.6 Å². The number of thioether (sulfide) groups is 2. The smallest absolute Gasteiger partial charge is 0.0705 e. The Labute approximate surface area is 125 Å². The topological polar surface area (TPSA) is 34.0 Å². The van der Waals surface area contributed by atoms with Crippen molar-refractivity contribution in [1.82, 2.24) is 0 Å². The van der Waals surface area contributed by atoms with E-state index < -0.39 is 0 Å². The lowest BCUT2D eigenvalue weighted by molar-refractivity contribution is -0.113. The Kier molecular flexibility index (Phi) is 5.01. The summed E-state index contributed by atoms with van der Waals surface area (Å²) in [7, 11) is 0. The maximum Gasteiger partial charge on any atom is 0.0705 e. The molecule has 0 atom stereocenters. The number of rotatable bonds is 6. The molecule has 5 heteroatoms. The summed E-state index contributed by atoms with van der Waals surface area (Å²) in [5, 5.41) is 2.49. The van der Waals surface area contributed by atoms with E-state index in [9.17, 15) is 0 Å². The van der Waals surface area contributed by atoms with Gasteiger partial charge in [0.2, 0.25) is 0 Å². The zero-order chi connectivity index (χ0) is 13.9. The van der Waals surface area contributed by atoms with Gasteiger partial charge in [-0.25, -0.2) is 0 Å². The van der Waals surface area contributed by atoms with Crippen LogP contribution in [0.5, 0.6) is 0 Å². The van der Waals surface area contributed by atoms with Gasteiger partial charge in [0.15, 0.2) is 0 Å². The average Bonchev–Trinajstić information content (AvgIpc) is 2.87. The van der Waals surface area contributed by atoms with Crippen LogP contribution in [-0.4, -0.2) is 45.9 Å². The number of aliphatic imine (C=N–C) groups is 2. The molecule has 2 aliphatic rings. The van der Waals surface area contributed by atoms with Gasteiger partial charge >= 0.3 is 0 Å². The fourth-order valence-corrected chi connectivity index (χ4v) is 4.62. The van der Waals surface area contributed by atoms with Crippen molar-refractivity contribution in [1.29, 1.82) is 0 Å². The molecule has 19 heavy (non-hydrogen) atoms. The molecule has 0 aliphatic carbocycles. The molecule has 0 fully saturated rings. The summed E-state index contributed by atoms with van der Waals surface area (Å²) in [5.74, 6) is 2.25. The third-order valence-corrected chi connectivity index (χ3v) is 4.99. The summed E-state index contributed by atoms with van der Waals surface area (Å²) >= 11 is 3.74. The molecule has 0 aromatic heterocycles. The zero-order valence-corrected chi connectivity index (χ0v) is 14.0. The van der Waals surface area contributed by atoms with Crippen molar-refractivity contribution < 1.29 is 4.74 Å². The molecular formula is C14H24N2OS2. The Bertz CT molecular complexity index is 353. The molecule has 108 valence electrons. The summed E-state index contributed by atoms with van der Waals surface area (Å²) in [6.07, 6.45) is 1.83. The first-order chi connectivity index (χ1) is 8.86. The monoisotopic (exact) mass is 300 g/mol. The molecule has 0 N–H and O–H groups in total. The third-order valence-electron chi connectivity index (χ3n) is 3.00. The van der Waals surface area contributed by atoms with Crippen LogP contribution in [0.3, 0.4) is 0 Å². The van der Waals surface area contributed by atoms with Crippen molar-refractivity contribution in [2.45, 2.75) is 51.7 Å². The van der Waals surface area contributed by atoms with Gasteiger partial charge in [-0.2, -0.15) is 0 Å². The Morgan fingerprint density at radius 1 is 0.895 bits per heavy atom. The Hall–Kier alpha value is -0.000000000000000111. The summed E-state index contributed by atoms with van der Waals surface area (Å²) in [5.41, 5.74) is -0.326. The first kappa shape index (κ1) is 15.4. The van der Waals surface area contributed by atoms with Crippen LogP contribution in [0.2, 0.25) is 0 Å². The van der Waals surface area contributed by atoms with Gasteiger partial charge in [0.25, 0.3) is 0 Å². The number of hydrogen-bond acceptors (Lipinski definition) is 5. The molecule has 0 radical (unpaired) electrons. The predicted octanol–water partition coefficient (Wildman–Crippen LogP) is 3.63. The third kappa shape index (κ3) is 5.12. The van der Waals surface area contributed by atoms with Crippen LogP contribution in [0.15, 0.2) is 9.98 Å². The average molecular weight is 300 g/mol. The molecule has 2 aliphatic heterocycles. The summed E-state index contributed by atoms with van der Waals surface area (Å²) in [4.78, 5) is 9.05. The van der Waals surface area contributed by atoms with Crippen LogP contribution < -0.4 is 0 Å². The highest BCUT2D eigenvalue weighted by Crippen LogP contribution is 2.31. The van der Waals surface area contributed by atoms with Crippen LogP contribution >= 0.6 is 23.5 Å². The number of hydrogen-bond donors (Lipinski definition) is 0. The number of ether oxygens (including phenoxy) is 1. The van der Waals surface area contributed by atoms with Crippen molar-refractivity contribution in [3.8, 4) is 0 Å². The van der Waals surface area contributed by atoms with Crippen LogP contribution in [0.25, 0.3) is 0 Å². The van der Waals surface area contributed by atoms with Gasteiger partial charge in [0.05, 0.1) is 21.3 Å². The summed E-state index contributed by atoms with van der Waals surface area (Å²) in [6.45, 7) is 10.6. The van der Waals surface area contributed by atoms with Crippen LogP contribution in [-0.2, 0) is 4.74 Å². The van der Waals surface area contributed by atoms with Gasteiger partial charge in [0, 0.05) is 37.4 Å². The quantitative estimate of drug-likeness (QED) is 0.751. The standard InChI is InChI=1S/C14H24N2OS2/c1-13(2,9-11-15-5-7-18-11)17-14(3,4)10-12-16-6-8-19-12/h5-10H2,1-4H3. The van der Waals surface area contributed by atoms with Gasteiger partial charge in [-0.05, 0) is 27.7 Å². The van der Waals surface area contributed by atoms with E-state index in [2.05, 4.69) is 37.7 Å². The molecule has 0 saturated heterocycles. The van der Waals surface area contributed by atoms with Crippen LogP contribution in [0.1, 0.15) is 40.5 Å². The highest BCUT2D eigenvalue weighted by atomic mass is 32.2. The maximum absolute atomic E-state index is 6.36. The predicted molar refractivity (Wildman–Crippen MR) is 88.0 cm³/mol. The van der Waals surface area contributed by atoms with E-state index in [0.717, 1.165) is 37.4 Å². The van der Waals surface area contributed by atoms with E-state index in [1.165, 1.54) is 10.1 Å². The van der Waals surface area contributed by atoms with Gasteiger partial charge in [0.1, 0.15) is 0 Å². The molecule has 0 aromatic carbocycles. The van der Waals surface area contributed by atoms with Crippen molar-refractivity contribution in [2.24, 2.45) is 9.98 Å². The number of nitrogens with zero attached hydrogens (tertiary/aromatic N) is 2. The fourth-order valence-electron chi connectivity index (χ4n) is 2.52. The molecule has 0 bridgehead atoms. The Balaban J connectivity index is 1.89. The van der Waals surface area contributed by atoms with Gasteiger partial charge < -0.3 is 4.74 Å². The second-order valence-corrected chi connectivity index (χ2v) is 8.56. The van der Waals surface area contributed by atoms with Gasteiger partial charge in [-0.15, -0.1) is 23.5 Å². The van der Waals surface area contributed by atoms with Crippen molar-refractivity contribution in [3.63, 3.8) is 0 Å². The van der Waals surface area contributed by atoms with Crippen molar-refractivity contribution in [2.75, 3.05) is 24.6 Å². The fraction of sp³-hybridized carbons (Fsp3) is 0.857. The van der Waals surface area contributed by atoms with Crippen molar-refractivity contribution in [3.05, 3.63) is 0 Å². The molecule has 2 rings (SSSR count). The first-order valence-corrected chi connectivity index (χ1v) is 8.86. The first-order valence-electron chi connectivity index (χ1n) is 6.89. The van der Waals surface area contributed by atoms with E-state index in [1.807, 2.05) is 23.5 Å². The van der Waals surface area contributed by atoms with E-state index in [-0.39, 0.29) is 11.2 Å². The lowest BCUT2D eigenvalue weighted by Gasteiger charge is -2.36. The van der Waals surface area contributed by atoms with E-state index in [1.54, 1.807) is 0 Å². The summed E-state index contributed by atoms with van der Waals surface area (Å²) < 4.78 is 6.36. The maximum atomic E-state index is 6.36. The molecule has 0 spiro atoms. The van der Waals surface area contributed by atoms with Gasteiger partial charge in [-0.3, -0.25) is 9.98 Å². The summed E-state index contributed by atoms with van der Waals surface area (Å²) in [6, 6.07) is 0. The molecule has 0 aromatic rings. The van der Waals surface area contributed by atoms with Crippen LogP contribution in [0.4, 0.5) is 0 Å². The molecule has 0 unspecified atom stereocenters. The molecule has 0 saturated carbocycles. The van der Waals surface area contributed by atoms with Crippen LogP contribution in [0, 0.1) is 0 Å². The van der Waals surface area contributed by atoms with E-state index >= 15 is 0 Å². The van der Waals surface area contributed by atoms with Gasteiger partial charge in [-0.1, -0.05) is 0 Å². The minimum Gasteiger partial charge on any atom is -0.369 e.